The number of hydrogen-bond acceptors (Lipinski definition) is 2. The number of pyridine rings is 1. The fraction of sp³-hybridized carbons (Fsp3) is 0.471. The molecule has 2 aromatic rings. The van der Waals surface area contributed by atoms with Gasteiger partial charge in [0.05, 0.1) is 5.52 Å². The van der Waals surface area contributed by atoms with E-state index in [-0.39, 0.29) is 5.54 Å². The van der Waals surface area contributed by atoms with Crippen molar-refractivity contribution in [3.05, 3.63) is 42.1 Å². The van der Waals surface area contributed by atoms with Gasteiger partial charge in [0, 0.05) is 17.1 Å². The van der Waals surface area contributed by atoms with E-state index >= 15 is 0 Å². The number of benzene rings is 1. The normalized spacial score (nSPS) is 31.5. The van der Waals surface area contributed by atoms with Crippen LogP contribution in [-0.4, -0.2) is 4.98 Å². The minimum Gasteiger partial charge on any atom is -0.321 e. The zero-order chi connectivity index (χ0) is 13.5. The Morgan fingerprint density at radius 1 is 1.16 bits per heavy atom. The lowest BCUT2D eigenvalue weighted by Gasteiger charge is -2.43. The quantitative estimate of drug-likeness (QED) is 0.839. The first-order valence-corrected chi connectivity index (χ1v) is 7.24. The molecule has 0 spiro atoms. The Balaban J connectivity index is 2.17. The van der Waals surface area contributed by atoms with Gasteiger partial charge in [-0.2, -0.15) is 0 Å². The summed E-state index contributed by atoms with van der Waals surface area (Å²) in [7, 11) is 0. The average molecular weight is 254 g/mol. The molecule has 1 aromatic carbocycles. The Hall–Kier alpha value is -1.41. The maximum Gasteiger partial charge on any atom is 0.0752 e. The highest BCUT2D eigenvalue weighted by Crippen LogP contribution is 2.43. The van der Waals surface area contributed by atoms with Crippen molar-refractivity contribution in [3.8, 4) is 0 Å². The SMILES string of the molecule is CC1CCC(C)C(N)(c2cccc3cccnc23)C1. The van der Waals surface area contributed by atoms with Crippen LogP contribution in [0.2, 0.25) is 0 Å². The third-order valence-electron chi connectivity index (χ3n) is 4.79. The largest absolute Gasteiger partial charge is 0.321 e. The first-order chi connectivity index (χ1) is 9.11. The van der Waals surface area contributed by atoms with Gasteiger partial charge in [-0.15, -0.1) is 0 Å². The van der Waals surface area contributed by atoms with E-state index in [4.69, 9.17) is 5.73 Å². The maximum absolute atomic E-state index is 6.84. The van der Waals surface area contributed by atoms with Gasteiger partial charge in [-0.3, -0.25) is 4.98 Å². The molecule has 2 nitrogen and oxygen atoms in total. The zero-order valence-electron chi connectivity index (χ0n) is 11.8. The molecule has 3 unspecified atom stereocenters. The molecule has 1 aliphatic rings. The van der Waals surface area contributed by atoms with E-state index in [9.17, 15) is 0 Å². The topological polar surface area (TPSA) is 38.9 Å². The molecule has 1 saturated carbocycles. The molecule has 100 valence electrons. The van der Waals surface area contributed by atoms with Crippen molar-refractivity contribution in [3.63, 3.8) is 0 Å². The molecule has 3 atom stereocenters. The van der Waals surface area contributed by atoms with Crippen molar-refractivity contribution in [1.29, 1.82) is 0 Å². The van der Waals surface area contributed by atoms with Crippen molar-refractivity contribution in [2.75, 3.05) is 0 Å². The Bertz CT molecular complexity index is 587. The summed E-state index contributed by atoms with van der Waals surface area (Å²) in [6, 6.07) is 10.5. The third-order valence-corrected chi connectivity index (χ3v) is 4.79. The molecule has 1 aromatic heterocycles. The summed E-state index contributed by atoms with van der Waals surface area (Å²) in [5.74, 6) is 1.21. The van der Waals surface area contributed by atoms with Crippen LogP contribution in [0.4, 0.5) is 0 Å². The van der Waals surface area contributed by atoms with Crippen LogP contribution in [0.15, 0.2) is 36.5 Å². The minimum atomic E-state index is -0.231. The third kappa shape index (κ3) is 2.04. The van der Waals surface area contributed by atoms with Crippen molar-refractivity contribution in [1.82, 2.24) is 4.98 Å². The predicted octanol–water partition coefficient (Wildman–Crippen LogP) is 3.84. The molecular weight excluding hydrogens is 232 g/mol. The Kier molecular flexibility index (Phi) is 3.06. The first kappa shape index (κ1) is 12.6. The van der Waals surface area contributed by atoms with E-state index in [2.05, 4.69) is 43.1 Å². The Labute approximate surface area is 115 Å². The van der Waals surface area contributed by atoms with E-state index in [0.29, 0.717) is 11.8 Å². The molecule has 19 heavy (non-hydrogen) atoms. The van der Waals surface area contributed by atoms with Crippen LogP contribution in [0.5, 0.6) is 0 Å². The van der Waals surface area contributed by atoms with Crippen LogP contribution in [-0.2, 0) is 5.54 Å². The highest BCUT2D eigenvalue weighted by Gasteiger charge is 2.39. The first-order valence-electron chi connectivity index (χ1n) is 7.24. The average Bonchev–Trinajstić information content (AvgIpc) is 2.42. The van der Waals surface area contributed by atoms with Crippen LogP contribution in [0.25, 0.3) is 10.9 Å². The highest BCUT2D eigenvalue weighted by atomic mass is 14.8. The molecule has 0 bridgehead atoms. The summed E-state index contributed by atoms with van der Waals surface area (Å²) in [5, 5.41) is 1.19. The smallest absolute Gasteiger partial charge is 0.0752 e. The molecule has 1 heterocycles. The molecule has 2 heteroatoms. The van der Waals surface area contributed by atoms with Crippen LogP contribution >= 0.6 is 0 Å². The molecular formula is C17H22N2. The van der Waals surface area contributed by atoms with Crippen LogP contribution in [0.1, 0.15) is 38.7 Å². The maximum atomic E-state index is 6.84. The molecule has 0 saturated heterocycles. The van der Waals surface area contributed by atoms with Crippen molar-refractivity contribution in [2.45, 2.75) is 38.6 Å². The number of aromatic nitrogens is 1. The lowest BCUT2D eigenvalue weighted by Crippen LogP contribution is -2.47. The molecule has 0 radical (unpaired) electrons. The highest BCUT2D eigenvalue weighted by molar-refractivity contribution is 5.82. The van der Waals surface area contributed by atoms with Gasteiger partial charge in [0.1, 0.15) is 0 Å². The molecule has 1 aliphatic carbocycles. The van der Waals surface area contributed by atoms with Gasteiger partial charge in [-0.05, 0) is 36.3 Å². The van der Waals surface area contributed by atoms with Gasteiger partial charge in [0.15, 0.2) is 0 Å². The predicted molar refractivity (Wildman–Crippen MR) is 79.8 cm³/mol. The van der Waals surface area contributed by atoms with Crippen molar-refractivity contribution in [2.24, 2.45) is 17.6 Å². The number of fused-ring (bicyclic) bond motifs is 1. The fourth-order valence-electron chi connectivity index (χ4n) is 3.53. The monoisotopic (exact) mass is 254 g/mol. The lowest BCUT2D eigenvalue weighted by atomic mass is 9.66. The minimum absolute atomic E-state index is 0.231. The number of nitrogens with zero attached hydrogens (tertiary/aromatic N) is 1. The molecule has 0 aliphatic heterocycles. The summed E-state index contributed by atoms with van der Waals surface area (Å²) in [4.78, 5) is 4.58. The number of para-hydroxylation sites is 1. The molecule has 1 fully saturated rings. The van der Waals surface area contributed by atoms with Gasteiger partial charge in [-0.25, -0.2) is 0 Å². The molecule has 0 amide bonds. The van der Waals surface area contributed by atoms with Crippen LogP contribution in [0.3, 0.4) is 0 Å². The second-order valence-corrected chi connectivity index (χ2v) is 6.21. The van der Waals surface area contributed by atoms with Gasteiger partial charge < -0.3 is 5.73 Å². The van der Waals surface area contributed by atoms with Gasteiger partial charge in [-0.1, -0.05) is 44.5 Å². The van der Waals surface area contributed by atoms with Gasteiger partial charge >= 0.3 is 0 Å². The van der Waals surface area contributed by atoms with Gasteiger partial charge in [0.25, 0.3) is 0 Å². The van der Waals surface area contributed by atoms with E-state index < -0.39 is 0 Å². The summed E-state index contributed by atoms with van der Waals surface area (Å²) in [6.45, 7) is 4.60. The standard InChI is InChI=1S/C17H22N2/c1-12-8-9-13(2)17(18,11-12)15-7-3-5-14-6-4-10-19-16(14)15/h3-7,10,12-13H,8-9,11,18H2,1-2H3. The van der Waals surface area contributed by atoms with E-state index in [1.807, 2.05) is 12.3 Å². The molecule has 3 rings (SSSR count). The van der Waals surface area contributed by atoms with E-state index in [1.165, 1.54) is 23.8 Å². The second kappa shape index (κ2) is 4.61. The second-order valence-electron chi connectivity index (χ2n) is 6.21. The van der Waals surface area contributed by atoms with Crippen LogP contribution in [0, 0.1) is 11.8 Å². The van der Waals surface area contributed by atoms with Crippen molar-refractivity contribution < 1.29 is 0 Å². The van der Waals surface area contributed by atoms with E-state index in [0.717, 1.165) is 11.9 Å². The van der Waals surface area contributed by atoms with Crippen LogP contribution < -0.4 is 5.73 Å². The number of nitrogens with two attached hydrogens (primary N) is 1. The summed E-state index contributed by atoms with van der Waals surface area (Å²) >= 11 is 0. The van der Waals surface area contributed by atoms with Crippen molar-refractivity contribution >= 4 is 10.9 Å². The Morgan fingerprint density at radius 3 is 2.79 bits per heavy atom. The number of hydrogen-bond donors (Lipinski definition) is 1. The van der Waals surface area contributed by atoms with E-state index in [1.54, 1.807) is 0 Å². The Morgan fingerprint density at radius 2 is 1.95 bits per heavy atom. The molecule has 2 N–H and O–H groups in total. The lowest BCUT2D eigenvalue weighted by molar-refractivity contribution is 0.163. The van der Waals surface area contributed by atoms with Gasteiger partial charge in [0.2, 0.25) is 0 Å². The fourth-order valence-corrected chi connectivity index (χ4v) is 3.53. The summed E-state index contributed by atoms with van der Waals surface area (Å²) in [5.41, 5.74) is 8.91. The summed E-state index contributed by atoms with van der Waals surface area (Å²) < 4.78 is 0. The summed E-state index contributed by atoms with van der Waals surface area (Å²) in [6.07, 6.45) is 5.43. The number of rotatable bonds is 1. The zero-order valence-corrected chi connectivity index (χ0v) is 11.8.